The van der Waals surface area contributed by atoms with Crippen molar-refractivity contribution in [2.75, 3.05) is 66.2 Å². The Bertz CT molecular complexity index is 504. The number of methoxy groups -OCH3 is 2. The Morgan fingerprint density at radius 3 is 2.52 bits per heavy atom. The van der Waals surface area contributed by atoms with E-state index in [0.29, 0.717) is 26.4 Å². The van der Waals surface area contributed by atoms with E-state index in [2.05, 4.69) is 15.6 Å². The number of benzene rings is 1. The molecule has 0 atom stereocenters. The molecule has 0 aliphatic heterocycles. The fourth-order valence-corrected chi connectivity index (χ4v) is 2.15. The Morgan fingerprint density at radius 2 is 1.78 bits per heavy atom. The van der Waals surface area contributed by atoms with Crippen molar-refractivity contribution in [1.82, 2.24) is 5.32 Å². The van der Waals surface area contributed by atoms with Crippen molar-refractivity contribution in [3.05, 3.63) is 24.3 Å². The molecule has 0 unspecified atom stereocenters. The predicted molar refractivity (Wildman–Crippen MR) is 121 cm³/mol. The molecule has 0 bridgehead atoms. The van der Waals surface area contributed by atoms with E-state index in [9.17, 15) is 0 Å². The van der Waals surface area contributed by atoms with Crippen molar-refractivity contribution < 1.29 is 18.9 Å². The van der Waals surface area contributed by atoms with Gasteiger partial charge >= 0.3 is 0 Å². The fourth-order valence-electron chi connectivity index (χ4n) is 2.15. The van der Waals surface area contributed by atoms with Crippen LogP contribution >= 0.6 is 24.0 Å². The molecule has 7 nitrogen and oxygen atoms in total. The van der Waals surface area contributed by atoms with E-state index in [4.69, 9.17) is 18.9 Å². The molecule has 8 heteroatoms. The summed E-state index contributed by atoms with van der Waals surface area (Å²) in [7, 11) is 5.13. The number of ether oxygens (including phenoxy) is 4. The number of unbranched alkanes of at least 4 members (excludes halogenated alkanes) is 1. The summed E-state index contributed by atoms with van der Waals surface area (Å²) in [6.07, 6.45) is 2.88. The second-order valence-corrected chi connectivity index (χ2v) is 5.66. The zero-order valence-corrected chi connectivity index (χ0v) is 19.0. The molecule has 0 aromatic heterocycles. The number of rotatable bonds is 14. The van der Waals surface area contributed by atoms with Gasteiger partial charge in [0.1, 0.15) is 5.75 Å². The summed E-state index contributed by atoms with van der Waals surface area (Å²) < 4.78 is 21.1. The maximum Gasteiger partial charge on any atom is 0.195 e. The van der Waals surface area contributed by atoms with E-state index in [-0.39, 0.29) is 24.0 Å². The number of nitrogens with zero attached hydrogens (tertiary/aromatic N) is 1. The van der Waals surface area contributed by atoms with Crippen LogP contribution in [0.4, 0.5) is 5.69 Å². The van der Waals surface area contributed by atoms with Gasteiger partial charge in [0.05, 0.1) is 19.8 Å². The van der Waals surface area contributed by atoms with Crippen molar-refractivity contribution in [1.29, 1.82) is 0 Å². The second kappa shape index (κ2) is 18.3. The Kier molecular flexibility index (Phi) is 17.5. The molecule has 0 heterocycles. The van der Waals surface area contributed by atoms with Crippen LogP contribution in [-0.4, -0.2) is 66.8 Å². The number of nitrogens with one attached hydrogen (secondary N) is 2. The van der Waals surface area contributed by atoms with Crippen LogP contribution < -0.4 is 15.4 Å². The largest absolute Gasteiger partial charge is 0.493 e. The van der Waals surface area contributed by atoms with Crippen LogP contribution in [0.1, 0.15) is 19.3 Å². The van der Waals surface area contributed by atoms with Crippen LogP contribution in [0.3, 0.4) is 0 Å². The minimum atomic E-state index is 0. The summed E-state index contributed by atoms with van der Waals surface area (Å²) in [6.45, 7) is 4.21. The first kappa shape index (κ1) is 25.9. The topological polar surface area (TPSA) is 73.3 Å². The highest BCUT2D eigenvalue weighted by Gasteiger charge is 2.01. The summed E-state index contributed by atoms with van der Waals surface area (Å²) >= 11 is 0. The summed E-state index contributed by atoms with van der Waals surface area (Å²) in [5, 5.41) is 6.58. The van der Waals surface area contributed by atoms with E-state index in [1.54, 1.807) is 21.3 Å². The van der Waals surface area contributed by atoms with Gasteiger partial charge in [-0.15, -0.1) is 24.0 Å². The molecule has 0 spiro atoms. The highest BCUT2D eigenvalue weighted by molar-refractivity contribution is 14.0. The number of hydrogen-bond acceptors (Lipinski definition) is 5. The highest BCUT2D eigenvalue weighted by atomic mass is 127. The first-order valence-corrected chi connectivity index (χ1v) is 9.06. The summed E-state index contributed by atoms with van der Waals surface area (Å²) in [5.74, 6) is 1.57. The third kappa shape index (κ3) is 13.7. The number of halogens is 1. The van der Waals surface area contributed by atoms with Crippen LogP contribution in [0.5, 0.6) is 5.75 Å². The minimum Gasteiger partial charge on any atom is -0.493 e. The maximum absolute atomic E-state index is 5.71. The molecule has 0 saturated carbocycles. The van der Waals surface area contributed by atoms with E-state index >= 15 is 0 Å². The van der Waals surface area contributed by atoms with Gasteiger partial charge in [0, 0.05) is 59.2 Å². The molecule has 0 aliphatic carbocycles. The molecule has 2 N–H and O–H groups in total. The number of hydrogen-bond donors (Lipinski definition) is 2. The molecule has 0 saturated heterocycles. The van der Waals surface area contributed by atoms with Gasteiger partial charge < -0.3 is 29.6 Å². The number of anilines is 1. The molecular weight excluding hydrogens is 461 g/mol. The molecule has 156 valence electrons. The van der Waals surface area contributed by atoms with E-state index in [1.165, 1.54) is 0 Å². The summed E-state index contributed by atoms with van der Waals surface area (Å²) in [5.41, 5.74) is 0.935. The SMILES string of the molecule is CN=C(NCCCCOCCOC)Nc1cccc(OCCCOC)c1.I. The van der Waals surface area contributed by atoms with Crippen molar-refractivity contribution in [3.63, 3.8) is 0 Å². The van der Waals surface area contributed by atoms with Crippen LogP contribution in [0.25, 0.3) is 0 Å². The third-order valence-corrected chi connectivity index (χ3v) is 3.52. The number of guanidine groups is 1. The molecule has 0 radical (unpaired) electrons. The van der Waals surface area contributed by atoms with Crippen LogP contribution in [-0.2, 0) is 14.2 Å². The zero-order chi connectivity index (χ0) is 18.9. The smallest absolute Gasteiger partial charge is 0.195 e. The van der Waals surface area contributed by atoms with Gasteiger partial charge in [0.2, 0.25) is 0 Å². The van der Waals surface area contributed by atoms with Gasteiger partial charge in [0.15, 0.2) is 5.96 Å². The average Bonchev–Trinajstić information content (AvgIpc) is 2.66. The predicted octanol–water partition coefficient (Wildman–Crippen LogP) is 3.15. The van der Waals surface area contributed by atoms with E-state index in [1.807, 2.05) is 24.3 Å². The second-order valence-electron chi connectivity index (χ2n) is 5.66. The Hall–Kier alpha value is -1.10. The van der Waals surface area contributed by atoms with Gasteiger partial charge in [-0.05, 0) is 25.0 Å². The Balaban J connectivity index is 0.00000676. The lowest BCUT2D eigenvalue weighted by atomic mass is 10.3. The van der Waals surface area contributed by atoms with Crippen molar-refractivity contribution in [3.8, 4) is 5.75 Å². The van der Waals surface area contributed by atoms with Gasteiger partial charge in [-0.1, -0.05) is 6.07 Å². The normalized spacial score (nSPS) is 11.0. The lowest BCUT2D eigenvalue weighted by Gasteiger charge is -2.13. The molecule has 1 aromatic rings. The quantitative estimate of drug-likeness (QED) is 0.179. The van der Waals surface area contributed by atoms with Crippen molar-refractivity contribution in [2.45, 2.75) is 19.3 Å². The Labute approximate surface area is 180 Å². The molecule has 0 amide bonds. The molecular formula is C19H34IN3O4. The molecule has 1 aromatic carbocycles. The van der Waals surface area contributed by atoms with Gasteiger partial charge in [0.25, 0.3) is 0 Å². The monoisotopic (exact) mass is 495 g/mol. The molecule has 0 fully saturated rings. The Morgan fingerprint density at radius 1 is 0.963 bits per heavy atom. The molecule has 1 rings (SSSR count). The van der Waals surface area contributed by atoms with Crippen LogP contribution in [0, 0.1) is 0 Å². The van der Waals surface area contributed by atoms with E-state index < -0.39 is 0 Å². The third-order valence-electron chi connectivity index (χ3n) is 3.52. The van der Waals surface area contributed by atoms with Gasteiger partial charge in [-0.2, -0.15) is 0 Å². The molecule has 27 heavy (non-hydrogen) atoms. The maximum atomic E-state index is 5.71. The number of aliphatic imine (C=N–C) groups is 1. The summed E-state index contributed by atoms with van der Waals surface area (Å²) in [4.78, 5) is 4.25. The minimum absolute atomic E-state index is 0. The highest BCUT2D eigenvalue weighted by Crippen LogP contribution is 2.17. The first-order valence-electron chi connectivity index (χ1n) is 9.06. The van der Waals surface area contributed by atoms with Crippen LogP contribution in [0.2, 0.25) is 0 Å². The lowest BCUT2D eigenvalue weighted by molar-refractivity contribution is 0.0689. The average molecular weight is 495 g/mol. The van der Waals surface area contributed by atoms with Crippen molar-refractivity contribution in [2.24, 2.45) is 4.99 Å². The lowest BCUT2D eigenvalue weighted by Crippen LogP contribution is -2.31. The summed E-state index contributed by atoms with van der Waals surface area (Å²) in [6, 6.07) is 7.85. The first-order chi connectivity index (χ1) is 12.8. The van der Waals surface area contributed by atoms with Crippen LogP contribution in [0.15, 0.2) is 29.3 Å². The molecule has 0 aliphatic rings. The van der Waals surface area contributed by atoms with E-state index in [0.717, 1.165) is 49.8 Å². The van der Waals surface area contributed by atoms with Crippen molar-refractivity contribution >= 4 is 35.6 Å². The fraction of sp³-hybridized carbons (Fsp3) is 0.632. The van der Waals surface area contributed by atoms with Gasteiger partial charge in [-0.3, -0.25) is 4.99 Å². The zero-order valence-electron chi connectivity index (χ0n) is 16.7. The standard InChI is InChI=1S/C19H33N3O4.HI/c1-20-19(21-10-4-5-12-25-15-14-24-3)22-17-8-6-9-18(16-17)26-13-7-11-23-2;/h6,8-9,16H,4-5,7,10-15H2,1-3H3,(H2,20,21,22);1H. The van der Waals surface area contributed by atoms with Gasteiger partial charge in [-0.25, -0.2) is 0 Å².